The summed E-state index contributed by atoms with van der Waals surface area (Å²) in [6.07, 6.45) is 2.56. The topological polar surface area (TPSA) is 134 Å². The van der Waals surface area contributed by atoms with E-state index in [9.17, 15) is 19.5 Å². The number of rotatable bonds is 7. The van der Waals surface area contributed by atoms with Crippen molar-refractivity contribution in [1.29, 1.82) is 0 Å². The number of ether oxygens (including phenoxy) is 4. The van der Waals surface area contributed by atoms with E-state index < -0.39 is 58.2 Å². The molecule has 1 aliphatic heterocycles. The van der Waals surface area contributed by atoms with Crippen molar-refractivity contribution >= 4 is 11.9 Å². The van der Waals surface area contributed by atoms with E-state index in [-0.39, 0.29) is 29.8 Å². The zero-order valence-electron chi connectivity index (χ0n) is 26.0. The van der Waals surface area contributed by atoms with Crippen LogP contribution >= 0.6 is 0 Å². The van der Waals surface area contributed by atoms with Gasteiger partial charge in [-0.05, 0) is 55.6 Å². The number of esters is 2. The first-order valence-corrected chi connectivity index (χ1v) is 15.1. The van der Waals surface area contributed by atoms with Crippen molar-refractivity contribution in [3.05, 3.63) is 46.6 Å². The highest BCUT2D eigenvalue weighted by Crippen LogP contribution is 2.67. The van der Waals surface area contributed by atoms with Crippen molar-refractivity contribution in [2.75, 3.05) is 13.2 Å². The first-order valence-electron chi connectivity index (χ1n) is 15.1. The zero-order valence-corrected chi connectivity index (χ0v) is 26.0. The number of hydrogen-bond acceptors (Lipinski definition) is 10. The SMILES string of the molecule is CC(=O)OC[C@@]1(C)C2C[C@H](OCC(C)C)[C@@]3(C)Oc4cc(-c5cccnc5)oc(=O)c4[C@H](O)C3[C@@]2(C)CC[C@@H]1OC(C)=O. The summed E-state index contributed by atoms with van der Waals surface area (Å²) in [5.74, 6) is -0.875. The second kappa shape index (κ2) is 11.4. The Morgan fingerprint density at radius 2 is 1.91 bits per heavy atom. The molecule has 8 atom stereocenters. The van der Waals surface area contributed by atoms with Gasteiger partial charge in [0, 0.05) is 55.8 Å². The van der Waals surface area contributed by atoms with E-state index in [4.69, 9.17) is 23.4 Å². The Hall–Kier alpha value is -3.24. The molecule has 2 fully saturated rings. The van der Waals surface area contributed by atoms with Crippen LogP contribution in [0.4, 0.5) is 0 Å². The third-order valence-electron chi connectivity index (χ3n) is 10.1. The van der Waals surface area contributed by atoms with Gasteiger partial charge < -0.3 is 28.5 Å². The Labute approximate surface area is 252 Å². The van der Waals surface area contributed by atoms with E-state index >= 15 is 0 Å². The van der Waals surface area contributed by atoms with Crippen LogP contribution in [0.5, 0.6) is 5.75 Å². The number of aliphatic hydroxyl groups excluding tert-OH is 1. The first-order chi connectivity index (χ1) is 20.2. The van der Waals surface area contributed by atoms with Crippen LogP contribution in [0.15, 0.2) is 39.8 Å². The molecule has 3 heterocycles. The van der Waals surface area contributed by atoms with Gasteiger partial charge in [-0.3, -0.25) is 14.6 Å². The number of carbonyl (C=O) groups excluding carboxylic acids is 2. The predicted molar refractivity (Wildman–Crippen MR) is 156 cm³/mol. The molecule has 2 saturated carbocycles. The molecule has 43 heavy (non-hydrogen) atoms. The van der Waals surface area contributed by atoms with E-state index in [2.05, 4.69) is 25.8 Å². The standard InChI is InChI=1S/C33H43NO9/c1-18(2)16-39-26-14-24-31(5,11-10-25(41-20(4)36)32(24,6)17-40-19(3)35)29-28(37)27-23(43-33(26,29)7)13-22(42-30(27)38)21-9-8-12-34-15-21/h8-9,12-13,15,18,24-26,28-29,37H,10-11,14,16-17H2,1-7H3/t24?,25-,26-,28-,29?,31-,32-,33+/m0/s1. The minimum atomic E-state index is -1.23. The van der Waals surface area contributed by atoms with Crippen LogP contribution < -0.4 is 10.4 Å². The Bertz CT molecular complexity index is 1420. The normalized spacial score (nSPS) is 34.8. The lowest BCUT2D eigenvalue weighted by Crippen LogP contribution is -2.71. The fourth-order valence-electron chi connectivity index (χ4n) is 8.21. The van der Waals surface area contributed by atoms with Crippen LogP contribution in [-0.2, 0) is 23.8 Å². The zero-order chi connectivity index (χ0) is 31.3. The van der Waals surface area contributed by atoms with Crippen LogP contribution in [-0.4, -0.2) is 53.1 Å². The van der Waals surface area contributed by atoms with Crippen molar-refractivity contribution in [3.8, 4) is 17.1 Å². The Morgan fingerprint density at radius 1 is 1.16 bits per heavy atom. The Kier molecular flexibility index (Phi) is 8.24. The second-order valence-electron chi connectivity index (χ2n) is 13.6. The van der Waals surface area contributed by atoms with Gasteiger partial charge in [-0.2, -0.15) is 0 Å². The van der Waals surface area contributed by atoms with Gasteiger partial charge in [0.05, 0.1) is 12.2 Å². The van der Waals surface area contributed by atoms with E-state index in [1.54, 1.807) is 30.6 Å². The van der Waals surface area contributed by atoms with Gasteiger partial charge in [0.25, 0.3) is 0 Å². The maximum absolute atomic E-state index is 13.5. The lowest BCUT2D eigenvalue weighted by Gasteiger charge is -2.66. The predicted octanol–water partition coefficient (Wildman–Crippen LogP) is 4.86. The average Bonchev–Trinajstić information content (AvgIpc) is 2.92. The van der Waals surface area contributed by atoms with E-state index in [1.807, 2.05) is 13.8 Å². The Balaban J connectivity index is 1.65. The summed E-state index contributed by atoms with van der Waals surface area (Å²) in [6.45, 7) is 13.4. The second-order valence-corrected chi connectivity index (χ2v) is 13.6. The molecule has 0 amide bonds. The number of aliphatic hydroxyl groups is 1. The van der Waals surface area contributed by atoms with Crippen molar-refractivity contribution in [2.24, 2.45) is 28.6 Å². The van der Waals surface area contributed by atoms with Crippen molar-refractivity contribution in [1.82, 2.24) is 4.98 Å². The molecule has 10 nitrogen and oxygen atoms in total. The molecular formula is C33H43NO9. The van der Waals surface area contributed by atoms with E-state index in [1.165, 1.54) is 13.8 Å². The average molecular weight is 598 g/mol. The fourth-order valence-corrected chi connectivity index (χ4v) is 8.21. The first kappa shape index (κ1) is 31.2. The van der Waals surface area contributed by atoms with Gasteiger partial charge in [0.1, 0.15) is 35.4 Å². The Morgan fingerprint density at radius 3 is 2.53 bits per heavy atom. The van der Waals surface area contributed by atoms with Crippen molar-refractivity contribution in [3.63, 3.8) is 0 Å². The van der Waals surface area contributed by atoms with E-state index in [0.717, 1.165) is 0 Å². The highest BCUT2D eigenvalue weighted by molar-refractivity contribution is 5.67. The minimum Gasteiger partial charge on any atom is -0.484 e. The molecule has 2 aromatic heterocycles. The lowest BCUT2D eigenvalue weighted by atomic mass is 9.42. The summed E-state index contributed by atoms with van der Waals surface area (Å²) in [7, 11) is 0. The quantitative estimate of drug-likeness (QED) is 0.441. The smallest absolute Gasteiger partial charge is 0.345 e. The van der Waals surface area contributed by atoms with Crippen LogP contribution in [0, 0.1) is 28.6 Å². The molecule has 0 saturated heterocycles. The summed E-state index contributed by atoms with van der Waals surface area (Å²) in [5, 5.41) is 12.2. The van der Waals surface area contributed by atoms with E-state index in [0.29, 0.717) is 37.2 Å². The molecule has 2 aliphatic carbocycles. The highest BCUT2D eigenvalue weighted by atomic mass is 16.6. The molecule has 1 N–H and O–H groups in total. The molecule has 0 bridgehead atoms. The van der Waals surface area contributed by atoms with Gasteiger partial charge in [-0.1, -0.05) is 27.7 Å². The molecule has 2 aromatic rings. The number of carbonyl (C=O) groups is 2. The van der Waals surface area contributed by atoms with Gasteiger partial charge in [-0.15, -0.1) is 0 Å². The number of hydrogen-bond donors (Lipinski definition) is 1. The number of nitrogens with zero attached hydrogens (tertiary/aromatic N) is 1. The summed E-state index contributed by atoms with van der Waals surface area (Å²) in [5.41, 5.74) is -2.43. The lowest BCUT2D eigenvalue weighted by molar-refractivity contribution is -0.275. The summed E-state index contributed by atoms with van der Waals surface area (Å²) in [4.78, 5) is 41.8. The maximum Gasteiger partial charge on any atom is 0.345 e. The van der Waals surface area contributed by atoms with Crippen molar-refractivity contribution < 1.29 is 38.1 Å². The molecular weight excluding hydrogens is 554 g/mol. The number of aromatic nitrogens is 1. The van der Waals surface area contributed by atoms with Crippen molar-refractivity contribution in [2.45, 2.75) is 91.6 Å². The fraction of sp³-hybridized carbons (Fsp3) is 0.636. The molecule has 0 radical (unpaired) electrons. The monoisotopic (exact) mass is 597 g/mol. The maximum atomic E-state index is 13.5. The number of pyridine rings is 1. The van der Waals surface area contributed by atoms with Crippen LogP contribution in [0.2, 0.25) is 0 Å². The van der Waals surface area contributed by atoms with Crippen LogP contribution in [0.3, 0.4) is 0 Å². The summed E-state index contributed by atoms with van der Waals surface area (Å²) >= 11 is 0. The number of fused-ring (bicyclic) bond motifs is 4. The minimum absolute atomic E-state index is 0.0328. The van der Waals surface area contributed by atoms with Gasteiger partial charge in [0.15, 0.2) is 0 Å². The molecule has 10 heteroatoms. The molecule has 5 rings (SSSR count). The molecule has 3 aliphatic rings. The summed E-state index contributed by atoms with van der Waals surface area (Å²) in [6, 6.07) is 5.18. The largest absolute Gasteiger partial charge is 0.484 e. The van der Waals surface area contributed by atoms with Gasteiger partial charge in [-0.25, -0.2) is 4.79 Å². The van der Waals surface area contributed by atoms with Crippen LogP contribution in [0.1, 0.15) is 79.4 Å². The van der Waals surface area contributed by atoms with Gasteiger partial charge >= 0.3 is 17.6 Å². The third-order valence-corrected chi connectivity index (χ3v) is 10.1. The molecule has 0 spiro atoms. The van der Waals surface area contributed by atoms with Gasteiger partial charge in [0.2, 0.25) is 0 Å². The summed E-state index contributed by atoms with van der Waals surface area (Å²) < 4.78 is 30.6. The molecule has 0 aromatic carbocycles. The molecule has 234 valence electrons. The van der Waals surface area contributed by atoms with Crippen LogP contribution in [0.25, 0.3) is 11.3 Å². The highest BCUT2D eigenvalue weighted by Gasteiger charge is 2.70. The third kappa shape index (κ3) is 5.37. The molecule has 2 unspecified atom stereocenters.